The number of aryl methyl sites for hydroxylation is 3. The predicted molar refractivity (Wildman–Crippen MR) is 110 cm³/mol. The first-order valence-electron chi connectivity index (χ1n) is 9.83. The van der Waals surface area contributed by atoms with Crippen molar-refractivity contribution in [3.8, 4) is 0 Å². The lowest BCUT2D eigenvalue weighted by Gasteiger charge is -2.30. The van der Waals surface area contributed by atoms with Gasteiger partial charge in [-0.2, -0.15) is 0 Å². The average Bonchev–Trinajstić information content (AvgIpc) is 2.98. The fourth-order valence-electron chi connectivity index (χ4n) is 4.34. The molecule has 4 heteroatoms. The maximum absolute atomic E-state index is 5.14. The lowest BCUT2D eigenvalue weighted by Crippen LogP contribution is -2.35. The Morgan fingerprint density at radius 1 is 0.778 bits per heavy atom. The monoisotopic (exact) mass is 356 g/mol. The fraction of sp³-hybridized carbons (Fsp3) is 0.304. The van der Waals surface area contributed by atoms with Crippen molar-refractivity contribution in [2.45, 2.75) is 45.7 Å². The number of nitrogens with zero attached hydrogens (tertiary/aromatic N) is 4. The van der Waals surface area contributed by atoms with E-state index >= 15 is 0 Å². The highest BCUT2D eigenvalue weighted by atomic mass is 15.5. The molecule has 1 aliphatic heterocycles. The van der Waals surface area contributed by atoms with E-state index in [9.17, 15) is 0 Å². The largest absolute Gasteiger partial charge is 0.302 e. The smallest absolute Gasteiger partial charge is 0.178 e. The van der Waals surface area contributed by atoms with Gasteiger partial charge in [0.05, 0.1) is 11.4 Å². The Kier molecular flexibility index (Phi) is 3.85. The molecule has 2 heterocycles. The molecule has 1 aliphatic carbocycles. The zero-order valence-corrected chi connectivity index (χ0v) is 15.9. The van der Waals surface area contributed by atoms with Crippen LogP contribution in [0, 0.1) is 6.92 Å². The predicted octanol–water partition coefficient (Wildman–Crippen LogP) is 5.30. The van der Waals surface area contributed by atoms with Crippen molar-refractivity contribution in [2.75, 3.05) is 9.80 Å². The molecule has 0 bridgehead atoms. The molecule has 4 nitrogen and oxygen atoms in total. The Morgan fingerprint density at radius 2 is 1.37 bits per heavy atom. The van der Waals surface area contributed by atoms with Gasteiger partial charge in [0.25, 0.3) is 0 Å². The van der Waals surface area contributed by atoms with E-state index in [2.05, 4.69) is 78.2 Å². The molecule has 5 rings (SSSR count). The van der Waals surface area contributed by atoms with Gasteiger partial charge in [0.2, 0.25) is 0 Å². The first-order chi connectivity index (χ1) is 13.2. The molecule has 0 radical (unpaired) electrons. The normalized spacial score (nSPS) is 18.4. The number of anilines is 4. The Hall–Kier alpha value is -2.88. The van der Waals surface area contributed by atoms with Crippen LogP contribution < -0.4 is 9.80 Å². The van der Waals surface area contributed by atoms with Crippen LogP contribution in [-0.4, -0.2) is 16.1 Å². The minimum atomic E-state index is 0.118. The van der Waals surface area contributed by atoms with Gasteiger partial charge < -0.3 is 9.80 Å². The maximum atomic E-state index is 5.14. The van der Waals surface area contributed by atoms with E-state index in [-0.39, 0.29) is 6.17 Å². The molecule has 0 fully saturated rings. The van der Waals surface area contributed by atoms with E-state index in [0.29, 0.717) is 0 Å². The average molecular weight is 356 g/mol. The number of rotatable bonds is 2. The number of hydrogen-bond acceptors (Lipinski definition) is 4. The van der Waals surface area contributed by atoms with E-state index in [4.69, 9.17) is 9.97 Å². The van der Waals surface area contributed by atoms with Gasteiger partial charge in [0.1, 0.15) is 6.17 Å². The summed E-state index contributed by atoms with van der Waals surface area (Å²) in [5.41, 5.74) is 5.98. The van der Waals surface area contributed by atoms with Crippen LogP contribution in [0.3, 0.4) is 0 Å². The van der Waals surface area contributed by atoms with E-state index in [1.807, 2.05) is 0 Å². The van der Waals surface area contributed by atoms with Crippen molar-refractivity contribution in [2.24, 2.45) is 0 Å². The van der Waals surface area contributed by atoms with Gasteiger partial charge in [-0.15, -0.1) is 0 Å². The third-order valence-electron chi connectivity index (χ3n) is 5.71. The van der Waals surface area contributed by atoms with Gasteiger partial charge in [-0.1, -0.05) is 36.4 Å². The van der Waals surface area contributed by atoms with Crippen LogP contribution in [0.5, 0.6) is 0 Å². The van der Waals surface area contributed by atoms with Gasteiger partial charge in [-0.25, -0.2) is 9.97 Å². The highest BCUT2D eigenvalue weighted by molar-refractivity contribution is 5.84. The molecule has 3 aromatic rings. The number of aromatic nitrogens is 2. The lowest BCUT2D eigenvalue weighted by atomic mass is 10.0. The molecule has 0 N–H and O–H groups in total. The molecule has 0 amide bonds. The van der Waals surface area contributed by atoms with Gasteiger partial charge in [-0.3, -0.25) is 0 Å². The standard InChI is InChI=1S/C23H24N4/c1-16-10-6-9-15-21(16)27-17(2)26(18-11-4-3-5-12-18)22-23(27)25-20-14-8-7-13-19(20)24-22/h3-6,9-12,15,17H,7-8,13-14H2,1-2H3. The van der Waals surface area contributed by atoms with E-state index < -0.39 is 0 Å². The molecule has 0 saturated carbocycles. The van der Waals surface area contributed by atoms with Crippen molar-refractivity contribution in [1.29, 1.82) is 0 Å². The van der Waals surface area contributed by atoms with Crippen LogP contribution in [-0.2, 0) is 12.8 Å². The molecule has 2 aliphatic rings. The number of para-hydroxylation sites is 2. The summed E-state index contributed by atoms with van der Waals surface area (Å²) in [5.74, 6) is 1.97. The molecule has 1 atom stereocenters. The summed E-state index contributed by atoms with van der Waals surface area (Å²) in [5, 5.41) is 0. The third-order valence-corrected chi connectivity index (χ3v) is 5.71. The topological polar surface area (TPSA) is 32.3 Å². The van der Waals surface area contributed by atoms with Crippen molar-refractivity contribution >= 4 is 23.0 Å². The third kappa shape index (κ3) is 2.59. The van der Waals surface area contributed by atoms with E-state index in [1.165, 1.54) is 35.5 Å². The molecule has 27 heavy (non-hydrogen) atoms. The van der Waals surface area contributed by atoms with Crippen molar-refractivity contribution < 1.29 is 0 Å². The molecule has 1 unspecified atom stereocenters. The van der Waals surface area contributed by atoms with E-state index in [0.717, 1.165) is 30.2 Å². The summed E-state index contributed by atoms with van der Waals surface area (Å²) in [6, 6.07) is 19.1. The number of hydrogen-bond donors (Lipinski definition) is 0. The van der Waals surface area contributed by atoms with Crippen LogP contribution in [0.1, 0.15) is 36.7 Å². The summed E-state index contributed by atoms with van der Waals surface area (Å²) in [6.45, 7) is 4.40. The summed E-state index contributed by atoms with van der Waals surface area (Å²) in [4.78, 5) is 14.9. The first-order valence-corrected chi connectivity index (χ1v) is 9.83. The van der Waals surface area contributed by atoms with Gasteiger partial charge in [0, 0.05) is 11.4 Å². The zero-order chi connectivity index (χ0) is 18.4. The molecular formula is C23H24N4. The molecule has 0 saturated heterocycles. The molecule has 2 aromatic carbocycles. The summed E-state index contributed by atoms with van der Waals surface area (Å²) >= 11 is 0. The molecule has 1 aromatic heterocycles. The van der Waals surface area contributed by atoms with Gasteiger partial charge in [-0.05, 0) is 63.3 Å². The second-order valence-corrected chi connectivity index (χ2v) is 7.47. The SMILES string of the molecule is Cc1ccccc1N1c2nc3c(nc2N(c2ccccc2)C1C)CCCC3. The van der Waals surface area contributed by atoms with Crippen molar-refractivity contribution in [1.82, 2.24) is 9.97 Å². The number of fused-ring (bicyclic) bond motifs is 2. The second kappa shape index (κ2) is 6.38. The lowest BCUT2D eigenvalue weighted by molar-refractivity contribution is 0.651. The Balaban J connectivity index is 1.72. The second-order valence-electron chi connectivity index (χ2n) is 7.47. The van der Waals surface area contributed by atoms with Crippen LogP contribution in [0.2, 0.25) is 0 Å². The highest BCUT2D eigenvalue weighted by Gasteiger charge is 2.39. The summed E-state index contributed by atoms with van der Waals surface area (Å²) < 4.78 is 0. The summed E-state index contributed by atoms with van der Waals surface area (Å²) in [7, 11) is 0. The minimum Gasteiger partial charge on any atom is -0.302 e. The fourth-order valence-corrected chi connectivity index (χ4v) is 4.34. The molecule has 136 valence electrons. The van der Waals surface area contributed by atoms with E-state index in [1.54, 1.807) is 0 Å². The molecular weight excluding hydrogens is 332 g/mol. The van der Waals surface area contributed by atoms with Crippen LogP contribution in [0.4, 0.5) is 23.0 Å². The quantitative estimate of drug-likeness (QED) is 0.624. The van der Waals surface area contributed by atoms with Crippen LogP contribution >= 0.6 is 0 Å². The highest BCUT2D eigenvalue weighted by Crippen LogP contribution is 2.46. The molecule has 0 spiro atoms. The first kappa shape index (κ1) is 16.3. The number of benzene rings is 2. The van der Waals surface area contributed by atoms with Crippen molar-refractivity contribution in [3.63, 3.8) is 0 Å². The van der Waals surface area contributed by atoms with Crippen LogP contribution in [0.25, 0.3) is 0 Å². The zero-order valence-electron chi connectivity index (χ0n) is 15.9. The van der Waals surface area contributed by atoms with Crippen molar-refractivity contribution in [3.05, 3.63) is 71.5 Å². The maximum Gasteiger partial charge on any atom is 0.178 e. The van der Waals surface area contributed by atoms with Gasteiger partial charge >= 0.3 is 0 Å². The Morgan fingerprint density at radius 3 is 2.04 bits per heavy atom. The summed E-state index contributed by atoms with van der Waals surface area (Å²) in [6.07, 6.45) is 4.62. The Labute approximate surface area is 160 Å². The van der Waals surface area contributed by atoms with Gasteiger partial charge in [0.15, 0.2) is 11.6 Å². The van der Waals surface area contributed by atoms with Crippen LogP contribution in [0.15, 0.2) is 54.6 Å². The minimum absolute atomic E-state index is 0.118. The Bertz CT molecular complexity index is 983.